The molecule has 0 amide bonds. The molecular formula is C48H30N2S2. The van der Waals surface area contributed by atoms with Crippen molar-refractivity contribution in [2.45, 2.75) is 0 Å². The Bertz CT molecular complexity index is 3130. The number of thiophene rings is 2. The van der Waals surface area contributed by atoms with Crippen LogP contribution in [0, 0.1) is 0 Å². The first-order chi connectivity index (χ1) is 25.8. The minimum Gasteiger partial charge on any atom is -0.310 e. The third kappa shape index (κ3) is 4.55. The van der Waals surface area contributed by atoms with E-state index in [-0.39, 0.29) is 0 Å². The molecule has 0 bridgehead atoms. The first-order valence-corrected chi connectivity index (χ1v) is 19.2. The van der Waals surface area contributed by atoms with E-state index in [1.165, 1.54) is 79.0 Å². The van der Waals surface area contributed by atoms with Crippen LogP contribution in [-0.2, 0) is 0 Å². The number of hydrogen-bond acceptors (Lipinski definition) is 3. The maximum absolute atomic E-state index is 2.45. The van der Waals surface area contributed by atoms with Crippen LogP contribution in [0.2, 0.25) is 0 Å². The van der Waals surface area contributed by atoms with E-state index in [0.29, 0.717) is 0 Å². The number of aromatic nitrogens is 1. The van der Waals surface area contributed by atoms with Crippen molar-refractivity contribution in [3.8, 4) is 16.8 Å². The van der Waals surface area contributed by atoms with Crippen LogP contribution in [0.1, 0.15) is 0 Å². The maximum Gasteiger partial charge on any atom is 0.0561 e. The lowest BCUT2D eigenvalue weighted by molar-refractivity contribution is 1.18. The molecule has 3 aromatic heterocycles. The second-order valence-electron chi connectivity index (χ2n) is 13.3. The van der Waals surface area contributed by atoms with Gasteiger partial charge in [-0.25, -0.2) is 0 Å². The fourth-order valence-electron chi connectivity index (χ4n) is 8.03. The smallest absolute Gasteiger partial charge is 0.0561 e. The molecular weight excluding hydrogens is 669 g/mol. The topological polar surface area (TPSA) is 8.17 Å². The Morgan fingerprint density at radius 3 is 1.81 bits per heavy atom. The van der Waals surface area contributed by atoms with Crippen LogP contribution in [0.3, 0.4) is 0 Å². The monoisotopic (exact) mass is 698 g/mol. The summed E-state index contributed by atoms with van der Waals surface area (Å²) in [6.07, 6.45) is 0. The second-order valence-corrected chi connectivity index (χ2v) is 15.5. The zero-order chi connectivity index (χ0) is 34.2. The van der Waals surface area contributed by atoms with Crippen LogP contribution < -0.4 is 4.90 Å². The van der Waals surface area contributed by atoms with Crippen molar-refractivity contribution in [3.63, 3.8) is 0 Å². The molecule has 11 aromatic rings. The average Bonchev–Trinajstić information content (AvgIpc) is 3.88. The molecule has 0 radical (unpaired) electrons. The molecule has 3 heterocycles. The molecule has 0 aliphatic rings. The maximum atomic E-state index is 2.45. The largest absolute Gasteiger partial charge is 0.310 e. The van der Waals surface area contributed by atoms with Crippen LogP contribution in [0.15, 0.2) is 182 Å². The fourth-order valence-corrected chi connectivity index (χ4v) is 10.3. The van der Waals surface area contributed by atoms with Crippen LogP contribution in [0.25, 0.3) is 79.0 Å². The van der Waals surface area contributed by atoms with Gasteiger partial charge in [0.15, 0.2) is 0 Å². The molecule has 2 nitrogen and oxygen atoms in total. The van der Waals surface area contributed by atoms with Gasteiger partial charge in [0.25, 0.3) is 0 Å². The van der Waals surface area contributed by atoms with Crippen molar-refractivity contribution in [3.05, 3.63) is 182 Å². The number of anilines is 3. The van der Waals surface area contributed by atoms with Gasteiger partial charge in [0.1, 0.15) is 0 Å². The summed E-state index contributed by atoms with van der Waals surface area (Å²) < 4.78 is 7.65. The van der Waals surface area contributed by atoms with E-state index in [1.54, 1.807) is 0 Å². The standard InChI is InChI=1S/C48H30N2S2/c1-2-11-33(12-3-1)50-41-16-7-4-13-36(41)37-28-26-35(30-43(37)50)49(42-17-10-20-46-48(42)40-15-6-9-19-45(40)51-46)34-24-21-31(22-25-34)32-23-27-39-38-14-5-8-18-44(38)52-47(39)29-32/h1-30H. The predicted molar refractivity (Wildman–Crippen MR) is 227 cm³/mol. The summed E-state index contributed by atoms with van der Waals surface area (Å²) in [6.45, 7) is 0. The fraction of sp³-hybridized carbons (Fsp3) is 0. The van der Waals surface area contributed by atoms with Gasteiger partial charge in [-0.1, -0.05) is 109 Å². The summed E-state index contributed by atoms with van der Waals surface area (Å²) in [7, 11) is 0. The molecule has 0 fully saturated rings. The number of nitrogens with zero attached hydrogens (tertiary/aromatic N) is 2. The first kappa shape index (κ1) is 29.5. The van der Waals surface area contributed by atoms with Crippen molar-refractivity contribution >= 4 is 102 Å². The highest BCUT2D eigenvalue weighted by Gasteiger charge is 2.21. The molecule has 0 spiro atoms. The minimum atomic E-state index is 1.12. The molecule has 52 heavy (non-hydrogen) atoms. The van der Waals surface area contributed by atoms with Gasteiger partial charge >= 0.3 is 0 Å². The Hall–Kier alpha value is -6.20. The van der Waals surface area contributed by atoms with Gasteiger partial charge in [0, 0.05) is 68.2 Å². The summed E-state index contributed by atoms with van der Waals surface area (Å²) in [5, 5.41) is 7.73. The van der Waals surface area contributed by atoms with Gasteiger partial charge in [-0.05, 0) is 83.9 Å². The quantitative estimate of drug-likeness (QED) is 0.174. The number of rotatable bonds is 5. The Morgan fingerprint density at radius 2 is 0.962 bits per heavy atom. The van der Waals surface area contributed by atoms with Crippen molar-refractivity contribution in [2.24, 2.45) is 0 Å². The molecule has 0 saturated carbocycles. The van der Waals surface area contributed by atoms with Crippen molar-refractivity contribution in [1.82, 2.24) is 4.57 Å². The first-order valence-electron chi connectivity index (χ1n) is 17.6. The SMILES string of the molecule is c1ccc(-n2c3ccccc3c3ccc(N(c4ccc(-c5ccc6c(c5)sc5ccccc56)cc4)c4cccc5sc6ccccc6c45)cc32)cc1. The van der Waals surface area contributed by atoms with Crippen LogP contribution in [0.4, 0.5) is 17.1 Å². The molecule has 0 unspecified atom stereocenters. The second kappa shape index (κ2) is 11.7. The van der Waals surface area contributed by atoms with E-state index in [0.717, 1.165) is 17.1 Å². The Balaban J connectivity index is 1.12. The molecule has 4 heteroatoms. The van der Waals surface area contributed by atoms with Gasteiger partial charge < -0.3 is 9.47 Å². The number of benzene rings is 8. The Labute approximate surface area is 308 Å². The molecule has 244 valence electrons. The lowest BCUT2D eigenvalue weighted by atomic mass is 10.0. The molecule has 0 aliphatic heterocycles. The molecule has 0 atom stereocenters. The molecule has 11 rings (SSSR count). The van der Waals surface area contributed by atoms with E-state index in [1.807, 2.05) is 22.7 Å². The minimum absolute atomic E-state index is 1.12. The highest BCUT2D eigenvalue weighted by Crippen LogP contribution is 2.46. The summed E-state index contributed by atoms with van der Waals surface area (Å²) in [5.41, 5.74) is 9.41. The number of para-hydroxylation sites is 2. The normalized spacial score (nSPS) is 11.8. The zero-order valence-corrected chi connectivity index (χ0v) is 29.7. The van der Waals surface area contributed by atoms with Gasteiger partial charge in [-0.2, -0.15) is 0 Å². The highest BCUT2D eigenvalue weighted by molar-refractivity contribution is 7.26. The van der Waals surface area contributed by atoms with Crippen molar-refractivity contribution < 1.29 is 0 Å². The van der Waals surface area contributed by atoms with Crippen LogP contribution in [-0.4, -0.2) is 4.57 Å². The summed E-state index contributed by atoms with van der Waals surface area (Å²) >= 11 is 3.73. The van der Waals surface area contributed by atoms with Gasteiger partial charge in [-0.15, -0.1) is 22.7 Å². The zero-order valence-electron chi connectivity index (χ0n) is 28.0. The van der Waals surface area contributed by atoms with Gasteiger partial charge in [0.2, 0.25) is 0 Å². The van der Waals surface area contributed by atoms with Crippen molar-refractivity contribution in [2.75, 3.05) is 4.90 Å². The number of hydrogen-bond donors (Lipinski definition) is 0. The van der Waals surface area contributed by atoms with E-state index < -0.39 is 0 Å². The van der Waals surface area contributed by atoms with E-state index in [9.17, 15) is 0 Å². The van der Waals surface area contributed by atoms with Gasteiger partial charge in [-0.3, -0.25) is 0 Å². The van der Waals surface area contributed by atoms with Crippen LogP contribution in [0.5, 0.6) is 0 Å². The van der Waals surface area contributed by atoms with E-state index in [4.69, 9.17) is 0 Å². The molecule has 0 saturated heterocycles. The molecule has 0 aliphatic carbocycles. The lowest BCUT2D eigenvalue weighted by Gasteiger charge is -2.27. The third-order valence-corrected chi connectivity index (χ3v) is 12.7. The van der Waals surface area contributed by atoms with Gasteiger partial charge in [0.05, 0.1) is 16.7 Å². The predicted octanol–water partition coefficient (Wildman–Crippen LogP) is 14.7. The van der Waals surface area contributed by atoms with Crippen molar-refractivity contribution in [1.29, 1.82) is 0 Å². The Kier molecular flexibility index (Phi) is 6.63. The molecule has 8 aromatic carbocycles. The summed E-state index contributed by atoms with van der Waals surface area (Å²) in [5.74, 6) is 0. The van der Waals surface area contributed by atoms with Crippen LogP contribution >= 0.6 is 22.7 Å². The lowest BCUT2D eigenvalue weighted by Crippen LogP contribution is -2.10. The molecule has 0 N–H and O–H groups in total. The summed E-state index contributed by atoms with van der Waals surface area (Å²) in [6, 6.07) is 66.7. The number of fused-ring (bicyclic) bond motifs is 9. The summed E-state index contributed by atoms with van der Waals surface area (Å²) in [4.78, 5) is 2.45. The average molecular weight is 699 g/mol. The van der Waals surface area contributed by atoms with E-state index >= 15 is 0 Å². The van der Waals surface area contributed by atoms with E-state index in [2.05, 4.69) is 191 Å². The highest BCUT2D eigenvalue weighted by atomic mass is 32.1. The third-order valence-electron chi connectivity index (χ3n) is 10.4. The Morgan fingerprint density at radius 1 is 0.365 bits per heavy atom.